The highest BCUT2D eigenvalue weighted by atomic mass is 16.4. The van der Waals surface area contributed by atoms with Crippen LogP contribution in [0.3, 0.4) is 0 Å². The Morgan fingerprint density at radius 1 is 1.29 bits per heavy atom. The van der Waals surface area contributed by atoms with E-state index in [-0.39, 0.29) is 11.3 Å². The quantitative estimate of drug-likeness (QED) is 0.818. The van der Waals surface area contributed by atoms with E-state index < -0.39 is 5.97 Å². The van der Waals surface area contributed by atoms with Crippen molar-refractivity contribution in [2.24, 2.45) is 5.41 Å². The molecule has 0 atom stereocenters. The van der Waals surface area contributed by atoms with E-state index in [0.717, 1.165) is 23.6 Å². The van der Waals surface area contributed by atoms with Gasteiger partial charge in [-0.05, 0) is 48.1 Å². The van der Waals surface area contributed by atoms with Crippen molar-refractivity contribution < 1.29 is 14.7 Å². The lowest BCUT2D eigenvalue weighted by molar-refractivity contribution is -0.131. The van der Waals surface area contributed by atoms with Crippen molar-refractivity contribution in [3.63, 3.8) is 0 Å². The van der Waals surface area contributed by atoms with Crippen LogP contribution in [0.2, 0.25) is 0 Å². The summed E-state index contributed by atoms with van der Waals surface area (Å²) in [5.41, 5.74) is 2.38. The fourth-order valence-electron chi connectivity index (χ4n) is 1.78. The number of rotatable bonds is 5. The van der Waals surface area contributed by atoms with E-state index in [1.54, 1.807) is 12.1 Å². The van der Waals surface area contributed by atoms with E-state index in [9.17, 15) is 9.59 Å². The van der Waals surface area contributed by atoms with Gasteiger partial charge in [0.15, 0.2) is 0 Å². The van der Waals surface area contributed by atoms with Crippen LogP contribution < -0.4 is 5.32 Å². The molecule has 114 valence electrons. The molecule has 0 aliphatic rings. The van der Waals surface area contributed by atoms with Gasteiger partial charge in [-0.15, -0.1) is 0 Å². The lowest BCUT2D eigenvalue weighted by Crippen LogP contribution is -2.27. The van der Waals surface area contributed by atoms with Gasteiger partial charge in [-0.2, -0.15) is 0 Å². The van der Waals surface area contributed by atoms with Crippen molar-refractivity contribution in [3.05, 3.63) is 41.0 Å². The summed E-state index contributed by atoms with van der Waals surface area (Å²) in [7, 11) is 0. The summed E-state index contributed by atoms with van der Waals surface area (Å²) in [5, 5.41) is 11.6. The van der Waals surface area contributed by atoms with Crippen LogP contribution in [0.25, 0.3) is 6.08 Å². The van der Waals surface area contributed by atoms with Crippen LogP contribution in [0, 0.1) is 12.3 Å². The van der Waals surface area contributed by atoms with Crippen molar-refractivity contribution in [2.75, 3.05) is 6.54 Å². The van der Waals surface area contributed by atoms with Gasteiger partial charge in [-0.3, -0.25) is 4.79 Å². The van der Waals surface area contributed by atoms with E-state index >= 15 is 0 Å². The largest absolute Gasteiger partial charge is 0.478 e. The van der Waals surface area contributed by atoms with E-state index in [1.807, 2.05) is 13.0 Å². The molecule has 0 unspecified atom stereocenters. The summed E-state index contributed by atoms with van der Waals surface area (Å²) in [6, 6.07) is 5.28. The van der Waals surface area contributed by atoms with Gasteiger partial charge in [0.1, 0.15) is 0 Å². The Balaban J connectivity index is 2.77. The standard InChI is InChI=1S/C17H23NO3/c1-12-5-6-14(11-13(12)7-8-15(19)20)16(21)18-10-9-17(2,3)4/h5-8,11H,9-10H2,1-4H3,(H,18,21)(H,19,20)/b8-7+. The van der Waals surface area contributed by atoms with Crippen LogP contribution in [0.1, 0.15) is 48.7 Å². The van der Waals surface area contributed by atoms with Crippen molar-refractivity contribution >= 4 is 18.0 Å². The molecule has 0 aliphatic heterocycles. The zero-order valence-corrected chi connectivity index (χ0v) is 13.1. The van der Waals surface area contributed by atoms with Gasteiger partial charge in [0.05, 0.1) is 0 Å². The van der Waals surface area contributed by atoms with Crippen LogP contribution in [0.15, 0.2) is 24.3 Å². The zero-order valence-electron chi connectivity index (χ0n) is 13.1. The second-order valence-electron chi connectivity index (χ2n) is 6.31. The first-order valence-corrected chi connectivity index (χ1v) is 6.99. The highest BCUT2D eigenvalue weighted by Crippen LogP contribution is 2.17. The molecule has 0 aliphatic carbocycles. The smallest absolute Gasteiger partial charge is 0.328 e. The van der Waals surface area contributed by atoms with Gasteiger partial charge in [-0.25, -0.2) is 4.79 Å². The van der Waals surface area contributed by atoms with Crippen LogP contribution >= 0.6 is 0 Å². The highest BCUT2D eigenvalue weighted by molar-refractivity contribution is 5.95. The Morgan fingerprint density at radius 3 is 2.52 bits per heavy atom. The minimum Gasteiger partial charge on any atom is -0.478 e. The molecular formula is C17H23NO3. The molecule has 4 nitrogen and oxygen atoms in total. The number of hydrogen-bond donors (Lipinski definition) is 2. The normalized spacial score (nSPS) is 11.6. The van der Waals surface area contributed by atoms with Gasteiger partial charge in [0.2, 0.25) is 0 Å². The fraction of sp³-hybridized carbons (Fsp3) is 0.412. The average molecular weight is 289 g/mol. The van der Waals surface area contributed by atoms with Gasteiger partial charge < -0.3 is 10.4 Å². The molecule has 0 spiro atoms. The minimum absolute atomic E-state index is 0.135. The maximum Gasteiger partial charge on any atom is 0.328 e. The third-order valence-electron chi connectivity index (χ3n) is 3.11. The van der Waals surface area contributed by atoms with Crippen molar-refractivity contribution in [1.29, 1.82) is 0 Å². The maximum atomic E-state index is 12.1. The summed E-state index contributed by atoms with van der Waals surface area (Å²) in [6.45, 7) is 8.87. The Labute approximate surface area is 125 Å². The number of carboxylic acids is 1. The SMILES string of the molecule is Cc1ccc(C(=O)NCCC(C)(C)C)cc1/C=C/C(=O)O. The summed E-state index contributed by atoms with van der Waals surface area (Å²) < 4.78 is 0. The van der Waals surface area contributed by atoms with Crippen LogP contribution in [0.4, 0.5) is 0 Å². The topological polar surface area (TPSA) is 66.4 Å². The molecule has 0 aromatic heterocycles. The van der Waals surface area contributed by atoms with Crippen molar-refractivity contribution in [3.8, 4) is 0 Å². The molecule has 1 amide bonds. The molecule has 1 rings (SSSR count). The zero-order chi connectivity index (χ0) is 16.0. The fourth-order valence-corrected chi connectivity index (χ4v) is 1.78. The lowest BCUT2D eigenvalue weighted by atomic mass is 9.92. The Hall–Kier alpha value is -2.10. The van der Waals surface area contributed by atoms with E-state index in [2.05, 4.69) is 26.1 Å². The minimum atomic E-state index is -1.01. The molecule has 0 radical (unpaired) electrons. The number of carbonyl (C=O) groups excluding carboxylic acids is 1. The molecule has 0 fully saturated rings. The lowest BCUT2D eigenvalue weighted by Gasteiger charge is -2.18. The summed E-state index contributed by atoms with van der Waals surface area (Å²) in [5.74, 6) is -1.14. The first-order chi connectivity index (χ1) is 9.69. The molecule has 1 aromatic rings. The van der Waals surface area contributed by atoms with Gasteiger partial charge >= 0.3 is 5.97 Å². The average Bonchev–Trinajstić information content (AvgIpc) is 2.35. The molecule has 0 heterocycles. The van der Waals surface area contributed by atoms with Crippen LogP contribution in [-0.2, 0) is 4.79 Å². The molecule has 2 N–H and O–H groups in total. The predicted octanol–water partition coefficient (Wildman–Crippen LogP) is 3.26. The molecule has 21 heavy (non-hydrogen) atoms. The summed E-state index contributed by atoms with van der Waals surface area (Å²) in [6.07, 6.45) is 3.48. The molecule has 0 saturated carbocycles. The molecule has 4 heteroatoms. The number of hydrogen-bond acceptors (Lipinski definition) is 2. The van der Waals surface area contributed by atoms with E-state index in [4.69, 9.17) is 5.11 Å². The second-order valence-corrected chi connectivity index (χ2v) is 6.31. The van der Waals surface area contributed by atoms with E-state index in [1.165, 1.54) is 6.08 Å². The molecular weight excluding hydrogens is 266 g/mol. The van der Waals surface area contributed by atoms with Crippen LogP contribution in [-0.4, -0.2) is 23.5 Å². The summed E-state index contributed by atoms with van der Waals surface area (Å²) >= 11 is 0. The maximum absolute atomic E-state index is 12.1. The Morgan fingerprint density at radius 2 is 1.95 bits per heavy atom. The number of carbonyl (C=O) groups is 2. The highest BCUT2D eigenvalue weighted by Gasteiger charge is 2.11. The van der Waals surface area contributed by atoms with Gasteiger partial charge in [0, 0.05) is 18.2 Å². The molecule has 0 bridgehead atoms. The van der Waals surface area contributed by atoms with Gasteiger partial charge in [0.25, 0.3) is 5.91 Å². The van der Waals surface area contributed by atoms with Gasteiger partial charge in [-0.1, -0.05) is 26.8 Å². The number of aryl methyl sites for hydroxylation is 1. The number of benzene rings is 1. The summed E-state index contributed by atoms with van der Waals surface area (Å²) in [4.78, 5) is 22.7. The molecule has 1 aromatic carbocycles. The van der Waals surface area contributed by atoms with Crippen molar-refractivity contribution in [1.82, 2.24) is 5.32 Å². The Kier molecular flexibility index (Phi) is 5.70. The monoisotopic (exact) mass is 289 g/mol. The number of carboxylic acid groups (broad SMARTS) is 1. The first-order valence-electron chi connectivity index (χ1n) is 6.99. The molecule has 0 saturated heterocycles. The van der Waals surface area contributed by atoms with Crippen LogP contribution in [0.5, 0.6) is 0 Å². The van der Waals surface area contributed by atoms with Crippen molar-refractivity contribution in [2.45, 2.75) is 34.1 Å². The number of aliphatic carboxylic acids is 1. The first kappa shape index (κ1) is 17.0. The van der Waals surface area contributed by atoms with E-state index in [0.29, 0.717) is 12.1 Å². The number of amides is 1. The third-order valence-corrected chi connectivity index (χ3v) is 3.11. The number of nitrogens with one attached hydrogen (secondary N) is 1. The Bertz CT molecular complexity index is 554. The third kappa shape index (κ3) is 6.25. The predicted molar refractivity (Wildman–Crippen MR) is 84.3 cm³/mol. The second kappa shape index (κ2) is 7.07.